The van der Waals surface area contributed by atoms with Crippen LogP contribution in [0.5, 0.6) is 0 Å². The molecule has 0 amide bonds. The summed E-state index contributed by atoms with van der Waals surface area (Å²) in [4.78, 5) is 0. The van der Waals surface area contributed by atoms with Gasteiger partial charge in [0.05, 0.1) is 0 Å². The Balaban J connectivity index is 0.000000200. The van der Waals surface area contributed by atoms with Gasteiger partial charge in [-0.15, -0.1) is 0 Å². The van der Waals surface area contributed by atoms with E-state index in [0.29, 0.717) is 5.92 Å². The van der Waals surface area contributed by atoms with Gasteiger partial charge < -0.3 is 0 Å². The fraction of sp³-hybridized carbons (Fsp3) is 0.400. The van der Waals surface area contributed by atoms with Crippen LogP contribution in [0.15, 0.2) is 54.6 Å². The van der Waals surface area contributed by atoms with E-state index < -0.39 is 0 Å². The molecule has 20 heavy (non-hydrogen) atoms. The third-order valence-electron chi connectivity index (χ3n) is 3.30. The Labute approximate surface area is 124 Å². The monoisotopic (exact) mass is 268 g/mol. The lowest BCUT2D eigenvalue weighted by molar-refractivity contribution is 0.647. The molecular weight excluding hydrogens is 240 g/mol. The highest BCUT2D eigenvalue weighted by Crippen LogP contribution is 2.17. The lowest BCUT2D eigenvalue weighted by atomic mass is 9.99. The van der Waals surface area contributed by atoms with Crippen LogP contribution < -0.4 is 0 Å². The zero-order chi connectivity index (χ0) is 15.0. The van der Waals surface area contributed by atoms with Crippen molar-refractivity contribution < 1.29 is 0 Å². The van der Waals surface area contributed by atoms with E-state index in [2.05, 4.69) is 89.2 Å². The summed E-state index contributed by atoms with van der Waals surface area (Å²) in [5.74, 6) is 1.42. The molecule has 0 heteroatoms. The van der Waals surface area contributed by atoms with Crippen molar-refractivity contribution in [3.05, 3.63) is 71.3 Å². The van der Waals surface area contributed by atoms with Gasteiger partial charge in [0.2, 0.25) is 0 Å². The fourth-order valence-corrected chi connectivity index (χ4v) is 2.32. The van der Waals surface area contributed by atoms with E-state index in [1.54, 1.807) is 0 Å². The summed E-state index contributed by atoms with van der Waals surface area (Å²) < 4.78 is 0. The molecule has 0 spiro atoms. The molecule has 0 saturated heterocycles. The third kappa shape index (κ3) is 6.06. The molecule has 0 atom stereocenters. The predicted molar refractivity (Wildman–Crippen MR) is 90.3 cm³/mol. The minimum Gasteiger partial charge on any atom is -0.0625 e. The van der Waals surface area contributed by atoms with Crippen LogP contribution in [-0.4, -0.2) is 0 Å². The van der Waals surface area contributed by atoms with E-state index in [0.717, 1.165) is 5.92 Å². The van der Waals surface area contributed by atoms with Gasteiger partial charge in [0.1, 0.15) is 0 Å². The average molecular weight is 268 g/mol. The first-order chi connectivity index (χ1) is 9.50. The van der Waals surface area contributed by atoms with E-state index in [1.165, 1.54) is 23.1 Å². The van der Waals surface area contributed by atoms with Crippen LogP contribution in [0, 0.1) is 12.8 Å². The molecule has 0 heterocycles. The molecule has 0 nitrogen and oxygen atoms in total. The molecule has 0 unspecified atom stereocenters. The summed E-state index contributed by atoms with van der Waals surface area (Å²) in [6.45, 7) is 11.1. The van der Waals surface area contributed by atoms with Gasteiger partial charge in [-0.1, -0.05) is 82.3 Å². The van der Waals surface area contributed by atoms with Crippen LogP contribution in [0.25, 0.3) is 0 Å². The summed E-state index contributed by atoms with van der Waals surface area (Å²) in [7, 11) is 0. The maximum Gasteiger partial charge on any atom is -0.0216 e. The minimum atomic E-state index is 0.654. The second-order valence-electron chi connectivity index (χ2n) is 6.09. The number of rotatable bonds is 3. The van der Waals surface area contributed by atoms with E-state index >= 15 is 0 Å². The van der Waals surface area contributed by atoms with Crippen LogP contribution in [-0.2, 0) is 6.42 Å². The van der Waals surface area contributed by atoms with Crippen LogP contribution >= 0.6 is 0 Å². The summed E-state index contributed by atoms with van der Waals surface area (Å²) in [6, 6.07) is 19.2. The molecule has 0 fully saturated rings. The minimum absolute atomic E-state index is 0.654. The summed E-state index contributed by atoms with van der Waals surface area (Å²) in [5.41, 5.74) is 4.30. The van der Waals surface area contributed by atoms with Crippen LogP contribution in [0.4, 0.5) is 0 Å². The van der Waals surface area contributed by atoms with Crippen molar-refractivity contribution >= 4 is 0 Å². The first-order valence-corrected chi connectivity index (χ1v) is 7.60. The molecule has 2 aromatic rings. The second-order valence-corrected chi connectivity index (χ2v) is 6.09. The Kier molecular flexibility index (Phi) is 7.08. The number of aryl methyl sites for hydroxylation is 1. The maximum atomic E-state index is 2.24. The van der Waals surface area contributed by atoms with Gasteiger partial charge in [-0.2, -0.15) is 0 Å². The zero-order valence-corrected chi connectivity index (χ0v) is 13.6. The molecule has 2 rings (SSSR count). The standard InChI is InChI=1S/2C10H14/c1-8(2)10-7-5-4-6-9(10)3;1-9(2)8-10-6-4-3-5-7-10/h4-8H,1-3H3;3-7,9H,8H2,1-2H3. The van der Waals surface area contributed by atoms with Crippen molar-refractivity contribution in [3.8, 4) is 0 Å². The highest BCUT2D eigenvalue weighted by molar-refractivity contribution is 5.27. The molecule has 2 aromatic carbocycles. The van der Waals surface area contributed by atoms with Gasteiger partial charge in [0.15, 0.2) is 0 Å². The SMILES string of the molecule is CC(C)Cc1ccccc1.Cc1ccccc1C(C)C. The quantitative estimate of drug-likeness (QED) is 0.640. The normalized spacial score (nSPS) is 10.3. The smallest absolute Gasteiger partial charge is 0.0216 e. The fourth-order valence-electron chi connectivity index (χ4n) is 2.32. The van der Waals surface area contributed by atoms with Gasteiger partial charge in [-0.25, -0.2) is 0 Å². The highest BCUT2D eigenvalue weighted by atomic mass is 14.0. The Hall–Kier alpha value is -1.56. The van der Waals surface area contributed by atoms with Crippen molar-refractivity contribution in [1.29, 1.82) is 0 Å². The molecule has 0 radical (unpaired) electrons. The van der Waals surface area contributed by atoms with Crippen molar-refractivity contribution in [3.63, 3.8) is 0 Å². The van der Waals surface area contributed by atoms with E-state index in [-0.39, 0.29) is 0 Å². The van der Waals surface area contributed by atoms with Gasteiger partial charge in [-0.3, -0.25) is 0 Å². The number of hydrogen-bond donors (Lipinski definition) is 0. The Morgan fingerprint density at radius 1 is 0.750 bits per heavy atom. The second kappa shape index (κ2) is 8.58. The first kappa shape index (κ1) is 16.5. The van der Waals surface area contributed by atoms with Crippen molar-refractivity contribution in [1.82, 2.24) is 0 Å². The van der Waals surface area contributed by atoms with Crippen molar-refractivity contribution in [2.75, 3.05) is 0 Å². The van der Waals surface area contributed by atoms with Gasteiger partial charge in [0.25, 0.3) is 0 Å². The van der Waals surface area contributed by atoms with Gasteiger partial charge in [0, 0.05) is 0 Å². The van der Waals surface area contributed by atoms with E-state index in [4.69, 9.17) is 0 Å². The molecular formula is C20H28. The maximum absolute atomic E-state index is 2.24. The van der Waals surface area contributed by atoms with Gasteiger partial charge >= 0.3 is 0 Å². The van der Waals surface area contributed by atoms with Crippen molar-refractivity contribution in [2.24, 2.45) is 5.92 Å². The lowest BCUT2D eigenvalue weighted by Gasteiger charge is -2.07. The summed E-state index contributed by atoms with van der Waals surface area (Å²) in [5, 5.41) is 0. The third-order valence-corrected chi connectivity index (χ3v) is 3.30. The molecule has 0 N–H and O–H groups in total. The zero-order valence-electron chi connectivity index (χ0n) is 13.6. The van der Waals surface area contributed by atoms with Crippen LogP contribution in [0.1, 0.15) is 50.3 Å². The molecule has 0 aliphatic heterocycles. The van der Waals surface area contributed by atoms with E-state index in [9.17, 15) is 0 Å². The molecule has 108 valence electrons. The van der Waals surface area contributed by atoms with Crippen LogP contribution in [0.2, 0.25) is 0 Å². The lowest BCUT2D eigenvalue weighted by Crippen LogP contribution is -1.92. The largest absolute Gasteiger partial charge is 0.0625 e. The summed E-state index contributed by atoms with van der Waals surface area (Å²) in [6.07, 6.45) is 1.20. The molecule has 0 aliphatic carbocycles. The average Bonchev–Trinajstić information content (AvgIpc) is 2.40. The Morgan fingerprint density at radius 3 is 1.75 bits per heavy atom. The van der Waals surface area contributed by atoms with E-state index in [1.807, 2.05) is 0 Å². The molecule has 0 saturated carbocycles. The van der Waals surface area contributed by atoms with Crippen molar-refractivity contribution in [2.45, 2.75) is 47.0 Å². The topological polar surface area (TPSA) is 0 Å². The van der Waals surface area contributed by atoms with Gasteiger partial charge in [-0.05, 0) is 41.9 Å². The highest BCUT2D eigenvalue weighted by Gasteiger charge is 1.99. The number of benzene rings is 2. The Morgan fingerprint density at radius 2 is 1.30 bits per heavy atom. The van der Waals surface area contributed by atoms with Crippen LogP contribution in [0.3, 0.4) is 0 Å². The predicted octanol–water partition coefficient (Wildman–Crippen LogP) is 6.00. The first-order valence-electron chi connectivity index (χ1n) is 7.60. The molecule has 0 aromatic heterocycles. The molecule has 0 aliphatic rings. The summed E-state index contributed by atoms with van der Waals surface area (Å²) >= 11 is 0. The Bertz CT molecular complexity index is 480. The number of hydrogen-bond acceptors (Lipinski definition) is 0. The molecule has 0 bridgehead atoms.